The molecule has 2 nitrogen and oxygen atoms in total. The lowest BCUT2D eigenvalue weighted by Crippen LogP contribution is -2.26. The fourth-order valence-electron chi connectivity index (χ4n) is 1.53. The SMILES string of the molecule is CSCCN(C)CC(O)c1ccc(C)cc1. The van der Waals surface area contributed by atoms with Gasteiger partial charge < -0.3 is 10.0 Å². The highest BCUT2D eigenvalue weighted by Crippen LogP contribution is 2.14. The molecule has 1 aromatic carbocycles. The molecule has 3 heteroatoms. The van der Waals surface area contributed by atoms with E-state index in [0.717, 1.165) is 17.9 Å². The third kappa shape index (κ3) is 4.56. The summed E-state index contributed by atoms with van der Waals surface area (Å²) in [7, 11) is 2.05. The van der Waals surface area contributed by atoms with E-state index in [1.165, 1.54) is 5.56 Å². The van der Waals surface area contributed by atoms with Gasteiger partial charge in [0.2, 0.25) is 0 Å². The van der Waals surface area contributed by atoms with Crippen LogP contribution in [0.1, 0.15) is 17.2 Å². The number of aryl methyl sites for hydroxylation is 1. The van der Waals surface area contributed by atoms with Crippen molar-refractivity contribution in [2.24, 2.45) is 0 Å². The van der Waals surface area contributed by atoms with Gasteiger partial charge in [0.25, 0.3) is 0 Å². The zero-order chi connectivity index (χ0) is 12.0. The quantitative estimate of drug-likeness (QED) is 0.824. The van der Waals surface area contributed by atoms with Crippen LogP contribution in [0, 0.1) is 6.92 Å². The second kappa shape index (κ2) is 6.94. The van der Waals surface area contributed by atoms with Crippen LogP contribution in [-0.4, -0.2) is 42.2 Å². The van der Waals surface area contributed by atoms with Gasteiger partial charge in [0.05, 0.1) is 6.10 Å². The molecule has 0 aromatic heterocycles. The van der Waals surface area contributed by atoms with Gasteiger partial charge in [0.15, 0.2) is 0 Å². The number of likely N-dealkylation sites (N-methyl/N-ethyl adjacent to an activating group) is 1. The molecule has 90 valence electrons. The summed E-state index contributed by atoms with van der Waals surface area (Å²) in [4.78, 5) is 2.17. The van der Waals surface area contributed by atoms with Crippen LogP contribution in [0.15, 0.2) is 24.3 Å². The number of hydrogen-bond acceptors (Lipinski definition) is 3. The summed E-state index contributed by atoms with van der Waals surface area (Å²) in [5.74, 6) is 1.11. The number of nitrogens with zero attached hydrogens (tertiary/aromatic N) is 1. The van der Waals surface area contributed by atoms with Crippen LogP contribution in [-0.2, 0) is 0 Å². The second-order valence-corrected chi connectivity index (χ2v) is 5.17. The Bertz CT molecular complexity index is 299. The highest BCUT2D eigenvalue weighted by Gasteiger charge is 2.09. The molecule has 0 bridgehead atoms. The van der Waals surface area contributed by atoms with Crippen molar-refractivity contribution in [3.05, 3.63) is 35.4 Å². The van der Waals surface area contributed by atoms with Crippen molar-refractivity contribution in [1.29, 1.82) is 0 Å². The van der Waals surface area contributed by atoms with Crippen LogP contribution in [0.5, 0.6) is 0 Å². The van der Waals surface area contributed by atoms with E-state index in [9.17, 15) is 5.11 Å². The molecule has 1 unspecified atom stereocenters. The Labute approximate surface area is 103 Å². The van der Waals surface area contributed by atoms with Gasteiger partial charge in [0, 0.05) is 18.8 Å². The van der Waals surface area contributed by atoms with E-state index in [0.29, 0.717) is 6.54 Å². The lowest BCUT2D eigenvalue weighted by atomic mass is 10.1. The number of benzene rings is 1. The average molecular weight is 239 g/mol. The topological polar surface area (TPSA) is 23.5 Å². The fraction of sp³-hybridized carbons (Fsp3) is 0.538. The first-order chi connectivity index (χ1) is 7.63. The van der Waals surface area contributed by atoms with Crippen molar-refractivity contribution >= 4 is 11.8 Å². The summed E-state index contributed by atoms with van der Waals surface area (Å²) >= 11 is 1.83. The van der Waals surface area contributed by atoms with Gasteiger partial charge >= 0.3 is 0 Å². The van der Waals surface area contributed by atoms with Gasteiger partial charge in [-0.25, -0.2) is 0 Å². The van der Waals surface area contributed by atoms with Gasteiger partial charge in [-0.3, -0.25) is 0 Å². The van der Waals surface area contributed by atoms with E-state index in [1.807, 2.05) is 43.1 Å². The van der Waals surface area contributed by atoms with E-state index in [4.69, 9.17) is 0 Å². The van der Waals surface area contributed by atoms with Gasteiger partial charge in [-0.05, 0) is 25.8 Å². The largest absolute Gasteiger partial charge is 0.387 e. The zero-order valence-electron chi connectivity index (χ0n) is 10.3. The van der Waals surface area contributed by atoms with Crippen LogP contribution in [0.25, 0.3) is 0 Å². The predicted molar refractivity (Wildman–Crippen MR) is 72.0 cm³/mol. The molecule has 16 heavy (non-hydrogen) atoms. The summed E-state index contributed by atoms with van der Waals surface area (Å²) < 4.78 is 0. The molecule has 0 saturated carbocycles. The minimum absolute atomic E-state index is 0.382. The number of rotatable bonds is 6. The fourth-order valence-corrected chi connectivity index (χ4v) is 2.02. The van der Waals surface area contributed by atoms with Crippen molar-refractivity contribution in [2.75, 3.05) is 32.1 Å². The minimum Gasteiger partial charge on any atom is -0.387 e. The smallest absolute Gasteiger partial charge is 0.0916 e. The van der Waals surface area contributed by atoms with Gasteiger partial charge in [-0.2, -0.15) is 11.8 Å². The van der Waals surface area contributed by atoms with E-state index in [2.05, 4.69) is 18.1 Å². The van der Waals surface area contributed by atoms with E-state index in [-0.39, 0.29) is 6.10 Å². The summed E-state index contributed by atoms with van der Waals surface area (Å²) in [5, 5.41) is 10.0. The van der Waals surface area contributed by atoms with E-state index < -0.39 is 0 Å². The Morgan fingerprint density at radius 3 is 2.50 bits per heavy atom. The van der Waals surface area contributed by atoms with Gasteiger partial charge in [-0.1, -0.05) is 29.8 Å². The van der Waals surface area contributed by atoms with Crippen molar-refractivity contribution in [2.45, 2.75) is 13.0 Å². The molecule has 1 rings (SSSR count). The van der Waals surface area contributed by atoms with Gasteiger partial charge in [0.1, 0.15) is 0 Å². The van der Waals surface area contributed by atoms with Crippen molar-refractivity contribution in [1.82, 2.24) is 4.90 Å². The molecule has 1 aromatic rings. The second-order valence-electron chi connectivity index (χ2n) is 4.18. The molecular formula is C13H21NOS. The van der Waals surface area contributed by atoms with Crippen LogP contribution in [0.3, 0.4) is 0 Å². The van der Waals surface area contributed by atoms with Gasteiger partial charge in [-0.15, -0.1) is 0 Å². The maximum atomic E-state index is 10.0. The average Bonchev–Trinajstić information content (AvgIpc) is 2.27. The number of thioether (sulfide) groups is 1. The molecule has 0 amide bonds. The third-order valence-electron chi connectivity index (χ3n) is 2.62. The summed E-state index contributed by atoms with van der Waals surface area (Å²) in [6, 6.07) is 8.09. The monoisotopic (exact) mass is 239 g/mol. The number of aliphatic hydroxyl groups excluding tert-OH is 1. The molecule has 1 N–H and O–H groups in total. The first kappa shape index (κ1) is 13.6. The lowest BCUT2D eigenvalue weighted by molar-refractivity contribution is 0.130. The standard InChI is InChI=1S/C13H21NOS/c1-11-4-6-12(7-5-11)13(15)10-14(2)8-9-16-3/h4-7,13,15H,8-10H2,1-3H3. The Morgan fingerprint density at radius 1 is 1.31 bits per heavy atom. The van der Waals surface area contributed by atoms with Crippen molar-refractivity contribution in [3.63, 3.8) is 0 Å². The third-order valence-corrected chi connectivity index (χ3v) is 3.21. The molecule has 0 spiro atoms. The molecule has 0 radical (unpaired) electrons. The van der Waals surface area contributed by atoms with Crippen LogP contribution < -0.4 is 0 Å². The van der Waals surface area contributed by atoms with Crippen LogP contribution in [0.2, 0.25) is 0 Å². The molecule has 0 heterocycles. The molecule has 0 aliphatic carbocycles. The normalized spacial score (nSPS) is 13.1. The molecule has 1 atom stereocenters. The van der Waals surface area contributed by atoms with E-state index in [1.54, 1.807) is 0 Å². The summed E-state index contributed by atoms with van der Waals surface area (Å²) in [6.45, 7) is 3.77. The Morgan fingerprint density at radius 2 is 1.94 bits per heavy atom. The van der Waals surface area contributed by atoms with Crippen LogP contribution in [0.4, 0.5) is 0 Å². The zero-order valence-corrected chi connectivity index (χ0v) is 11.1. The van der Waals surface area contributed by atoms with Crippen LogP contribution >= 0.6 is 11.8 Å². The summed E-state index contributed by atoms with van der Waals surface area (Å²) in [6.07, 6.45) is 1.72. The lowest BCUT2D eigenvalue weighted by Gasteiger charge is -2.20. The maximum Gasteiger partial charge on any atom is 0.0916 e. The molecule has 0 aliphatic rings. The maximum absolute atomic E-state index is 10.0. The first-order valence-electron chi connectivity index (χ1n) is 5.55. The van der Waals surface area contributed by atoms with Crippen molar-refractivity contribution < 1.29 is 5.11 Å². The highest BCUT2D eigenvalue weighted by atomic mass is 32.2. The number of hydrogen-bond donors (Lipinski definition) is 1. The molecular weight excluding hydrogens is 218 g/mol. The van der Waals surface area contributed by atoms with Crippen molar-refractivity contribution in [3.8, 4) is 0 Å². The first-order valence-corrected chi connectivity index (χ1v) is 6.95. The Balaban J connectivity index is 2.45. The van der Waals surface area contributed by atoms with E-state index >= 15 is 0 Å². The Hall–Kier alpha value is -0.510. The summed E-state index contributed by atoms with van der Waals surface area (Å²) in [5.41, 5.74) is 2.23. The number of aliphatic hydroxyl groups is 1. The molecule has 0 aliphatic heterocycles. The highest BCUT2D eigenvalue weighted by molar-refractivity contribution is 7.98. The Kier molecular flexibility index (Phi) is 5.88. The molecule has 0 fully saturated rings. The predicted octanol–water partition coefficient (Wildman–Crippen LogP) is 2.32. The minimum atomic E-state index is -0.382. The molecule has 0 saturated heterocycles.